The third-order valence-corrected chi connectivity index (χ3v) is 2.52. The molecule has 0 saturated heterocycles. The van der Waals surface area contributed by atoms with E-state index in [9.17, 15) is 13.2 Å². The number of nitrogen functional groups attached to an aromatic ring is 1. The summed E-state index contributed by atoms with van der Waals surface area (Å²) >= 11 is 0. The Labute approximate surface area is 110 Å². The predicted octanol–water partition coefficient (Wildman–Crippen LogP) is 3.21. The van der Waals surface area contributed by atoms with Crippen LogP contribution in [-0.2, 0) is 0 Å². The third-order valence-electron chi connectivity index (χ3n) is 2.52. The summed E-state index contributed by atoms with van der Waals surface area (Å²) in [6, 6.07) is 0. The fourth-order valence-corrected chi connectivity index (χ4v) is 1.37. The quantitative estimate of drug-likeness (QED) is 0.839. The van der Waals surface area contributed by atoms with Crippen molar-refractivity contribution in [2.75, 3.05) is 12.3 Å². The lowest BCUT2D eigenvalue weighted by atomic mass is 10.2. The average Bonchev–Trinajstić information content (AvgIpc) is 2.27. The molecule has 0 radical (unpaired) electrons. The molecule has 1 aromatic rings. The van der Waals surface area contributed by atoms with Gasteiger partial charge in [-0.2, -0.15) is 18.2 Å². The molecule has 4 nitrogen and oxygen atoms in total. The molecular weight excluding hydrogens is 259 g/mol. The maximum Gasteiger partial charge on any atom is 0.389 e. The Morgan fingerprint density at radius 1 is 1.26 bits per heavy atom. The van der Waals surface area contributed by atoms with Crippen LogP contribution in [0.4, 0.5) is 19.0 Å². The van der Waals surface area contributed by atoms with E-state index in [-0.39, 0.29) is 24.8 Å². The van der Waals surface area contributed by atoms with Gasteiger partial charge in [-0.3, -0.25) is 0 Å². The van der Waals surface area contributed by atoms with Crippen molar-refractivity contribution in [3.05, 3.63) is 11.4 Å². The van der Waals surface area contributed by atoms with Crippen molar-refractivity contribution in [3.63, 3.8) is 0 Å². The molecule has 0 atom stereocenters. The van der Waals surface area contributed by atoms with Gasteiger partial charge in [0.25, 0.3) is 0 Å². The number of hydrogen-bond acceptors (Lipinski definition) is 4. The molecule has 1 heterocycles. The summed E-state index contributed by atoms with van der Waals surface area (Å²) in [6.45, 7) is 5.43. The summed E-state index contributed by atoms with van der Waals surface area (Å²) in [6.07, 6.45) is -5.14. The van der Waals surface area contributed by atoms with E-state index >= 15 is 0 Å². The highest BCUT2D eigenvalue weighted by atomic mass is 19.4. The number of anilines is 1. The Balaban J connectivity index is 2.67. The topological polar surface area (TPSA) is 61.0 Å². The van der Waals surface area contributed by atoms with Crippen LogP contribution in [0.1, 0.15) is 44.0 Å². The molecule has 2 N–H and O–H groups in total. The number of nitrogens with two attached hydrogens (primary N) is 1. The van der Waals surface area contributed by atoms with Crippen LogP contribution in [-0.4, -0.2) is 22.8 Å². The van der Waals surface area contributed by atoms with Gasteiger partial charge in [0, 0.05) is 12.3 Å². The number of ether oxygens (including phenoxy) is 1. The van der Waals surface area contributed by atoms with Crippen molar-refractivity contribution < 1.29 is 17.9 Å². The van der Waals surface area contributed by atoms with Gasteiger partial charge in [0.1, 0.15) is 11.6 Å². The van der Waals surface area contributed by atoms with E-state index in [1.54, 1.807) is 6.92 Å². The van der Waals surface area contributed by atoms with Crippen LogP contribution < -0.4 is 10.5 Å². The van der Waals surface area contributed by atoms with E-state index in [1.165, 1.54) is 0 Å². The zero-order valence-corrected chi connectivity index (χ0v) is 11.2. The van der Waals surface area contributed by atoms with E-state index in [4.69, 9.17) is 10.5 Å². The van der Waals surface area contributed by atoms with Crippen molar-refractivity contribution in [3.8, 4) is 5.88 Å². The molecule has 108 valence electrons. The van der Waals surface area contributed by atoms with Crippen LogP contribution in [0.25, 0.3) is 0 Å². The number of alkyl halides is 3. The minimum absolute atomic E-state index is 0.0473. The second-order valence-corrected chi connectivity index (χ2v) is 4.62. The number of rotatable bonds is 5. The molecule has 0 aliphatic rings. The van der Waals surface area contributed by atoms with Crippen LogP contribution in [0.2, 0.25) is 0 Å². The van der Waals surface area contributed by atoms with Gasteiger partial charge in [-0.1, -0.05) is 13.8 Å². The highest BCUT2D eigenvalue weighted by Crippen LogP contribution is 2.24. The predicted molar refractivity (Wildman–Crippen MR) is 66.1 cm³/mol. The van der Waals surface area contributed by atoms with Crippen molar-refractivity contribution >= 4 is 5.82 Å². The van der Waals surface area contributed by atoms with Gasteiger partial charge < -0.3 is 10.5 Å². The van der Waals surface area contributed by atoms with E-state index in [0.717, 1.165) is 0 Å². The first-order valence-corrected chi connectivity index (χ1v) is 6.04. The van der Waals surface area contributed by atoms with Crippen LogP contribution >= 0.6 is 0 Å². The molecule has 0 saturated carbocycles. The number of halogens is 3. The standard InChI is InChI=1S/C12H18F3N3O/c1-7(2)10-17-9(16)8(3)11(18-10)19-6-4-5-12(13,14)15/h7H,4-6H2,1-3H3,(H2,16,17,18). The molecule has 0 bridgehead atoms. The van der Waals surface area contributed by atoms with Gasteiger partial charge in [-0.15, -0.1) is 0 Å². The summed E-state index contributed by atoms with van der Waals surface area (Å²) in [4.78, 5) is 8.28. The highest BCUT2D eigenvalue weighted by molar-refractivity contribution is 5.44. The summed E-state index contributed by atoms with van der Waals surface area (Å²) in [5.74, 6) is 1.15. The maximum absolute atomic E-state index is 12.0. The molecule has 0 aliphatic carbocycles. The zero-order chi connectivity index (χ0) is 14.6. The lowest BCUT2D eigenvalue weighted by molar-refractivity contribution is -0.136. The van der Waals surface area contributed by atoms with Crippen molar-refractivity contribution in [2.24, 2.45) is 0 Å². The van der Waals surface area contributed by atoms with E-state index in [0.29, 0.717) is 17.2 Å². The first-order valence-electron chi connectivity index (χ1n) is 6.04. The van der Waals surface area contributed by atoms with Crippen molar-refractivity contribution in [2.45, 2.75) is 45.7 Å². The Morgan fingerprint density at radius 2 is 1.89 bits per heavy atom. The average molecular weight is 277 g/mol. The van der Waals surface area contributed by atoms with Crippen molar-refractivity contribution in [1.29, 1.82) is 0 Å². The SMILES string of the molecule is Cc1c(N)nc(C(C)C)nc1OCCCC(F)(F)F. The Hall–Kier alpha value is -1.53. The largest absolute Gasteiger partial charge is 0.477 e. The first-order chi connectivity index (χ1) is 8.70. The molecule has 0 unspecified atom stereocenters. The van der Waals surface area contributed by atoms with Crippen LogP contribution in [0.15, 0.2) is 0 Å². The third kappa shape index (κ3) is 4.92. The van der Waals surface area contributed by atoms with Gasteiger partial charge in [0.2, 0.25) is 5.88 Å². The van der Waals surface area contributed by atoms with Crippen LogP contribution in [0, 0.1) is 6.92 Å². The number of nitrogens with zero attached hydrogens (tertiary/aromatic N) is 2. The summed E-state index contributed by atoms with van der Waals surface area (Å²) in [7, 11) is 0. The number of aromatic nitrogens is 2. The molecule has 19 heavy (non-hydrogen) atoms. The normalized spacial score (nSPS) is 11.9. The Bertz CT molecular complexity index is 433. The first kappa shape index (κ1) is 15.5. The smallest absolute Gasteiger partial charge is 0.389 e. The lowest BCUT2D eigenvalue weighted by Gasteiger charge is -2.13. The van der Waals surface area contributed by atoms with Crippen LogP contribution in [0.3, 0.4) is 0 Å². The Kier molecular flexibility index (Phi) is 4.97. The monoisotopic (exact) mass is 277 g/mol. The van der Waals surface area contributed by atoms with E-state index in [2.05, 4.69) is 9.97 Å². The van der Waals surface area contributed by atoms with Gasteiger partial charge in [-0.25, -0.2) is 4.98 Å². The van der Waals surface area contributed by atoms with Crippen LogP contribution in [0.5, 0.6) is 5.88 Å². The Morgan fingerprint density at radius 3 is 2.42 bits per heavy atom. The summed E-state index contributed by atoms with van der Waals surface area (Å²) in [5, 5.41) is 0. The number of hydrogen-bond donors (Lipinski definition) is 1. The fourth-order valence-electron chi connectivity index (χ4n) is 1.37. The second kappa shape index (κ2) is 6.08. The fraction of sp³-hybridized carbons (Fsp3) is 0.667. The summed E-state index contributed by atoms with van der Waals surface area (Å²) in [5.41, 5.74) is 6.27. The molecule has 0 aliphatic heterocycles. The molecule has 0 amide bonds. The van der Waals surface area contributed by atoms with Gasteiger partial charge in [-0.05, 0) is 13.3 Å². The van der Waals surface area contributed by atoms with Gasteiger partial charge in [0.05, 0.1) is 12.2 Å². The lowest BCUT2D eigenvalue weighted by Crippen LogP contribution is -2.12. The highest BCUT2D eigenvalue weighted by Gasteiger charge is 2.26. The molecule has 1 aromatic heterocycles. The minimum Gasteiger partial charge on any atom is -0.477 e. The molecule has 0 spiro atoms. The molecule has 1 rings (SSSR count). The molecular formula is C12H18F3N3O. The summed E-state index contributed by atoms with van der Waals surface area (Å²) < 4.78 is 41.3. The zero-order valence-electron chi connectivity index (χ0n) is 11.2. The van der Waals surface area contributed by atoms with E-state index < -0.39 is 12.6 Å². The van der Waals surface area contributed by atoms with E-state index in [1.807, 2.05) is 13.8 Å². The van der Waals surface area contributed by atoms with Crippen molar-refractivity contribution in [1.82, 2.24) is 9.97 Å². The van der Waals surface area contributed by atoms with Gasteiger partial charge >= 0.3 is 6.18 Å². The molecule has 7 heteroatoms. The maximum atomic E-state index is 12.0. The second-order valence-electron chi connectivity index (χ2n) is 4.62. The molecule has 0 fully saturated rings. The minimum atomic E-state index is -4.16. The van der Waals surface area contributed by atoms with Gasteiger partial charge in [0.15, 0.2) is 0 Å². The molecule has 0 aromatic carbocycles.